The van der Waals surface area contributed by atoms with Crippen molar-refractivity contribution in [3.63, 3.8) is 0 Å². The van der Waals surface area contributed by atoms with Crippen molar-refractivity contribution in [2.45, 2.75) is 31.9 Å². The molecule has 0 bridgehead atoms. The summed E-state index contributed by atoms with van der Waals surface area (Å²) in [5, 5.41) is 9.67. The van der Waals surface area contributed by atoms with Gasteiger partial charge < -0.3 is 10.8 Å². The summed E-state index contributed by atoms with van der Waals surface area (Å²) in [7, 11) is 0. The summed E-state index contributed by atoms with van der Waals surface area (Å²) in [5.41, 5.74) is 7.25. The second kappa shape index (κ2) is 6.84. The van der Waals surface area contributed by atoms with E-state index in [1.165, 1.54) is 5.56 Å². The fourth-order valence-electron chi connectivity index (χ4n) is 2.93. The number of aliphatic hydroxyl groups excluding tert-OH is 1. The van der Waals surface area contributed by atoms with Crippen LogP contribution in [-0.2, 0) is 0 Å². The summed E-state index contributed by atoms with van der Waals surface area (Å²) in [6.07, 6.45) is 1.92. The summed E-state index contributed by atoms with van der Waals surface area (Å²) >= 11 is 3.62. The number of nitrogens with zero attached hydrogens (tertiary/aromatic N) is 1. The van der Waals surface area contributed by atoms with Crippen LogP contribution in [0.15, 0.2) is 28.7 Å². The van der Waals surface area contributed by atoms with Crippen molar-refractivity contribution in [3.05, 3.63) is 34.3 Å². The number of hydrogen-bond donors (Lipinski definition) is 2. The molecule has 1 aromatic carbocycles. The van der Waals surface area contributed by atoms with Gasteiger partial charge in [-0.2, -0.15) is 0 Å². The molecule has 1 aromatic rings. The van der Waals surface area contributed by atoms with E-state index in [4.69, 9.17) is 5.73 Å². The molecule has 2 atom stereocenters. The molecule has 0 amide bonds. The Labute approximate surface area is 123 Å². The third kappa shape index (κ3) is 3.57. The normalized spacial score (nSPS) is 21.3. The molecule has 0 aromatic heterocycles. The average molecular weight is 327 g/mol. The van der Waals surface area contributed by atoms with Crippen LogP contribution in [0.3, 0.4) is 0 Å². The molecule has 1 heterocycles. The average Bonchev–Trinajstić information content (AvgIpc) is 2.42. The van der Waals surface area contributed by atoms with E-state index in [-0.39, 0.29) is 12.1 Å². The molecule has 1 saturated heterocycles. The zero-order valence-electron chi connectivity index (χ0n) is 11.4. The molecule has 19 heavy (non-hydrogen) atoms. The van der Waals surface area contributed by atoms with Gasteiger partial charge in [-0.1, -0.05) is 34.1 Å². The highest BCUT2D eigenvalue weighted by molar-refractivity contribution is 9.10. The molecule has 1 aliphatic heterocycles. The van der Waals surface area contributed by atoms with E-state index in [1.54, 1.807) is 0 Å². The Balaban J connectivity index is 2.06. The van der Waals surface area contributed by atoms with Crippen LogP contribution >= 0.6 is 15.9 Å². The van der Waals surface area contributed by atoms with E-state index >= 15 is 0 Å². The van der Waals surface area contributed by atoms with Crippen molar-refractivity contribution in [1.29, 1.82) is 0 Å². The van der Waals surface area contributed by atoms with Gasteiger partial charge in [0.2, 0.25) is 0 Å². The fraction of sp³-hybridized carbons (Fsp3) is 0.600. The summed E-state index contributed by atoms with van der Waals surface area (Å²) in [6.45, 7) is 4.55. The number of likely N-dealkylation sites (tertiary alicyclic amines) is 1. The van der Waals surface area contributed by atoms with Crippen molar-refractivity contribution in [2.75, 3.05) is 19.6 Å². The van der Waals surface area contributed by atoms with Gasteiger partial charge >= 0.3 is 0 Å². The first kappa shape index (κ1) is 15.0. The van der Waals surface area contributed by atoms with Crippen LogP contribution in [0, 0.1) is 5.92 Å². The van der Waals surface area contributed by atoms with Gasteiger partial charge in [0.25, 0.3) is 0 Å². The molecule has 4 heteroatoms. The van der Waals surface area contributed by atoms with E-state index in [1.807, 2.05) is 13.0 Å². The first-order valence-corrected chi connectivity index (χ1v) is 7.79. The maximum atomic E-state index is 9.67. The maximum absolute atomic E-state index is 9.67. The molecular formula is C15H23BrN2O. The van der Waals surface area contributed by atoms with Crippen LogP contribution in [0.5, 0.6) is 0 Å². The lowest BCUT2D eigenvalue weighted by atomic mass is 9.90. The third-order valence-electron chi connectivity index (χ3n) is 4.18. The van der Waals surface area contributed by atoms with Gasteiger partial charge in [-0.15, -0.1) is 0 Å². The molecular weight excluding hydrogens is 304 g/mol. The minimum atomic E-state index is -0.193. The van der Waals surface area contributed by atoms with Gasteiger partial charge in [0, 0.05) is 17.1 Å². The maximum Gasteiger partial charge on any atom is 0.0541 e. The quantitative estimate of drug-likeness (QED) is 0.893. The van der Waals surface area contributed by atoms with E-state index in [9.17, 15) is 5.11 Å². The minimum Gasteiger partial charge on any atom is -0.393 e. The summed E-state index contributed by atoms with van der Waals surface area (Å²) < 4.78 is 1.13. The van der Waals surface area contributed by atoms with E-state index < -0.39 is 0 Å². The van der Waals surface area contributed by atoms with Crippen LogP contribution in [0.1, 0.15) is 31.4 Å². The number of halogens is 1. The molecule has 0 saturated carbocycles. The molecule has 3 nitrogen and oxygen atoms in total. The number of hydrogen-bond acceptors (Lipinski definition) is 3. The van der Waals surface area contributed by atoms with Crippen LogP contribution in [-0.4, -0.2) is 35.7 Å². The van der Waals surface area contributed by atoms with Gasteiger partial charge in [-0.05, 0) is 50.4 Å². The van der Waals surface area contributed by atoms with E-state index in [0.29, 0.717) is 12.5 Å². The highest BCUT2D eigenvalue weighted by Crippen LogP contribution is 2.31. The number of nitrogens with two attached hydrogens (primary N) is 1. The van der Waals surface area contributed by atoms with Gasteiger partial charge in [-0.25, -0.2) is 0 Å². The second-order valence-corrected chi connectivity index (χ2v) is 6.24. The molecule has 2 unspecified atom stereocenters. The molecule has 1 fully saturated rings. The van der Waals surface area contributed by atoms with Gasteiger partial charge in [-0.3, -0.25) is 4.90 Å². The molecule has 0 radical (unpaired) electrons. The van der Waals surface area contributed by atoms with Crippen LogP contribution in [0.2, 0.25) is 0 Å². The third-order valence-corrected chi connectivity index (χ3v) is 4.91. The van der Waals surface area contributed by atoms with E-state index in [0.717, 1.165) is 30.4 Å². The van der Waals surface area contributed by atoms with Crippen LogP contribution in [0.4, 0.5) is 0 Å². The molecule has 2 rings (SSSR count). The van der Waals surface area contributed by atoms with Crippen molar-refractivity contribution in [1.82, 2.24) is 4.90 Å². The topological polar surface area (TPSA) is 49.5 Å². The standard InChI is InChI=1S/C15H23BrN2O/c1-11(19)12-6-8-18(9-7-12)15(10-17)13-4-2-3-5-14(13)16/h2-5,11-12,15,19H,6-10,17H2,1H3. The Morgan fingerprint density at radius 2 is 2.00 bits per heavy atom. The van der Waals surface area contributed by atoms with Crippen molar-refractivity contribution >= 4 is 15.9 Å². The Morgan fingerprint density at radius 1 is 1.37 bits per heavy atom. The SMILES string of the molecule is CC(O)C1CCN(C(CN)c2ccccc2Br)CC1. The number of piperidine rings is 1. The Hall–Kier alpha value is -0.420. The van der Waals surface area contributed by atoms with Crippen molar-refractivity contribution < 1.29 is 5.11 Å². The first-order chi connectivity index (χ1) is 9.13. The van der Waals surface area contributed by atoms with Gasteiger partial charge in [0.05, 0.1) is 6.10 Å². The van der Waals surface area contributed by atoms with Crippen LogP contribution < -0.4 is 5.73 Å². The predicted molar refractivity (Wildman–Crippen MR) is 81.9 cm³/mol. The Bertz CT molecular complexity index is 403. The van der Waals surface area contributed by atoms with Crippen LogP contribution in [0.25, 0.3) is 0 Å². The first-order valence-electron chi connectivity index (χ1n) is 7.00. The lowest BCUT2D eigenvalue weighted by molar-refractivity contribution is 0.0567. The lowest BCUT2D eigenvalue weighted by Crippen LogP contribution is -2.41. The van der Waals surface area contributed by atoms with Gasteiger partial charge in [0.15, 0.2) is 0 Å². The Morgan fingerprint density at radius 3 is 2.53 bits per heavy atom. The predicted octanol–water partition coefficient (Wildman–Crippen LogP) is 2.54. The summed E-state index contributed by atoms with van der Waals surface area (Å²) in [4.78, 5) is 2.44. The Kier molecular flexibility index (Phi) is 5.39. The molecule has 0 aliphatic carbocycles. The molecule has 1 aliphatic rings. The van der Waals surface area contributed by atoms with Gasteiger partial charge in [0.1, 0.15) is 0 Å². The molecule has 3 N–H and O–H groups in total. The number of rotatable bonds is 4. The second-order valence-electron chi connectivity index (χ2n) is 5.39. The highest BCUT2D eigenvalue weighted by Gasteiger charge is 2.27. The monoisotopic (exact) mass is 326 g/mol. The largest absolute Gasteiger partial charge is 0.393 e. The zero-order valence-corrected chi connectivity index (χ0v) is 13.0. The fourth-order valence-corrected chi connectivity index (χ4v) is 3.48. The van der Waals surface area contributed by atoms with E-state index in [2.05, 4.69) is 39.0 Å². The lowest BCUT2D eigenvalue weighted by Gasteiger charge is -2.38. The summed E-state index contributed by atoms with van der Waals surface area (Å²) in [5.74, 6) is 0.439. The van der Waals surface area contributed by atoms with Crippen molar-refractivity contribution in [3.8, 4) is 0 Å². The number of aliphatic hydroxyl groups is 1. The minimum absolute atomic E-state index is 0.193. The number of benzene rings is 1. The summed E-state index contributed by atoms with van der Waals surface area (Å²) in [6, 6.07) is 8.57. The zero-order chi connectivity index (χ0) is 13.8. The van der Waals surface area contributed by atoms with Crippen molar-refractivity contribution in [2.24, 2.45) is 11.7 Å². The smallest absolute Gasteiger partial charge is 0.0541 e. The molecule has 0 spiro atoms. The molecule has 106 valence electrons. The highest BCUT2D eigenvalue weighted by atomic mass is 79.9.